The molecule has 0 heterocycles. The van der Waals surface area contributed by atoms with Crippen molar-refractivity contribution in [2.24, 2.45) is 0 Å². The van der Waals surface area contributed by atoms with E-state index in [1.54, 1.807) is 0 Å². The molecule has 1 N–H and O–H groups in total. The Morgan fingerprint density at radius 2 is 1.02 bits per heavy atom. The second kappa shape index (κ2) is 41.3. The van der Waals surface area contributed by atoms with Gasteiger partial charge in [0.1, 0.15) is 19.8 Å². The molecule has 0 aliphatic heterocycles. The number of aliphatic hydroxyl groups is 1. The first kappa shape index (κ1) is 56.9. The third-order valence-corrected chi connectivity index (χ3v) is 10.9. The van der Waals surface area contributed by atoms with Gasteiger partial charge in [-0.2, -0.15) is 0 Å². The van der Waals surface area contributed by atoms with Crippen LogP contribution in [0.3, 0.4) is 0 Å². The van der Waals surface area contributed by atoms with Crippen molar-refractivity contribution in [3.63, 3.8) is 0 Å². The van der Waals surface area contributed by atoms with Crippen LogP contribution in [0.1, 0.15) is 187 Å². The smallest absolute Gasteiger partial charge is 0.306 e. The van der Waals surface area contributed by atoms with Gasteiger partial charge in [-0.05, 0) is 57.8 Å². The molecular weight excluding hydrogens is 766 g/mol. The van der Waals surface area contributed by atoms with Crippen LogP contribution in [0.5, 0.6) is 0 Å². The fourth-order valence-electron chi connectivity index (χ4n) is 6.22. The van der Waals surface area contributed by atoms with Crippen LogP contribution in [0.4, 0.5) is 0 Å². The molecule has 0 fully saturated rings. The number of phosphoric ester groups is 1. The number of rotatable bonds is 43. The molecule has 0 aromatic carbocycles. The lowest BCUT2D eigenvalue weighted by Crippen LogP contribution is -2.37. The summed E-state index contributed by atoms with van der Waals surface area (Å²) in [6.07, 6.45) is 45.8. The highest BCUT2D eigenvalue weighted by Gasteiger charge is 2.21. The van der Waals surface area contributed by atoms with E-state index in [0.717, 1.165) is 70.6 Å². The van der Waals surface area contributed by atoms with Crippen molar-refractivity contribution in [3.05, 3.63) is 48.6 Å². The lowest BCUT2D eigenvalue weighted by molar-refractivity contribution is -0.870. The minimum absolute atomic E-state index is 0.0439. The van der Waals surface area contributed by atoms with Gasteiger partial charge >= 0.3 is 11.9 Å². The summed E-state index contributed by atoms with van der Waals surface area (Å²) in [5, 5.41) is 8.80. The van der Waals surface area contributed by atoms with Gasteiger partial charge in [0.2, 0.25) is 0 Å². The topological polar surface area (TPSA) is 131 Å². The Bertz CT molecular complexity index is 1150. The average molecular weight is 854 g/mol. The number of hydrogen-bond acceptors (Lipinski definition) is 9. The molecule has 0 saturated heterocycles. The van der Waals surface area contributed by atoms with E-state index < -0.39 is 32.5 Å². The fraction of sp³-hybridized carbons (Fsp3) is 0.792. The Balaban J connectivity index is 4.39. The van der Waals surface area contributed by atoms with Crippen LogP contribution in [0.15, 0.2) is 48.6 Å². The molecular formula is C48H88NO9P. The first-order chi connectivity index (χ1) is 28.5. The number of unbranched alkanes of at least 4 members (excludes halogenated alkanes) is 20. The van der Waals surface area contributed by atoms with Crippen molar-refractivity contribution in [2.45, 2.75) is 193 Å². The average Bonchev–Trinajstić information content (AvgIpc) is 3.19. The number of carbonyl (C=O) groups excluding carboxylic acids is 2. The standard InChI is InChI=1S/C48H88NO9P/c1-5-6-7-8-9-10-11-12-13-15-19-22-25-28-31-34-37-40-48(52)58-46(45-57-59(53,54)56-43-41-49(2,3)4)44-55-47(51)39-36-33-30-27-24-21-18-16-14-17-20-23-26-29-32-35-38-42-50/h14,17-18,21,23,26-27,30,46,50H,5-13,15-16,19-20,22,24-25,28-29,31-45H2,1-4H3/b17-14-,21-18-,26-23-,30-27-/t46-/m1/s1. The lowest BCUT2D eigenvalue weighted by atomic mass is 10.0. The fourth-order valence-corrected chi connectivity index (χ4v) is 6.94. The molecule has 0 aromatic heterocycles. The van der Waals surface area contributed by atoms with E-state index in [0.29, 0.717) is 23.9 Å². The molecule has 344 valence electrons. The Morgan fingerprint density at radius 1 is 0.576 bits per heavy atom. The molecule has 0 saturated carbocycles. The quantitative estimate of drug-likeness (QED) is 0.0209. The highest BCUT2D eigenvalue weighted by atomic mass is 31.2. The number of phosphoric acid groups is 1. The van der Waals surface area contributed by atoms with Gasteiger partial charge in [-0.25, -0.2) is 0 Å². The second-order valence-electron chi connectivity index (χ2n) is 16.8. The minimum atomic E-state index is -4.64. The number of aliphatic hydroxyl groups excluding tert-OH is 1. The molecule has 0 radical (unpaired) electrons. The SMILES string of the molecule is CCCCCCCCCCCCCCCCCCCC(=O)O[C@H](COC(=O)CCC/C=C\C/C=C\C/C=C\C/C=C\CCCCCO)COP(=O)([O-])OCC[N+](C)(C)C. The van der Waals surface area contributed by atoms with E-state index in [2.05, 4.69) is 49.5 Å². The lowest BCUT2D eigenvalue weighted by Gasteiger charge is -2.28. The van der Waals surface area contributed by atoms with Crippen molar-refractivity contribution in [1.82, 2.24) is 0 Å². The molecule has 1 unspecified atom stereocenters. The largest absolute Gasteiger partial charge is 0.756 e. The van der Waals surface area contributed by atoms with E-state index in [-0.39, 0.29) is 32.7 Å². The molecule has 10 nitrogen and oxygen atoms in total. The van der Waals surface area contributed by atoms with Crippen molar-refractivity contribution in [2.75, 3.05) is 54.1 Å². The molecule has 0 aliphatic rings. The monoisotopic (exact) mass is 854 g/mol. The second-order valence-corrected chi connectivity index (χ2v) is 18.3. The van der Waals surface area contributed by atoms with Crippen LogP contribution in [0.25, 0.3) is 0 Å². The normalized spacial score (nSPS) is 13.9. The van der Waals surface area contributed by atoms with Gasteiger partial charge in [-0.1, -0.05) is 165 Å². The van der Waals surface area contributed by atoms with Gasteiger partial charge < -0.3 is 33.0 Å². The first-order valence-electron chi connectivity index (χ1n) is 23.5. The van der Waals surface area contributed by atoms with Crippen LogP contribution >= 0.6 is 7.82 Å². The van der Waals surface area contributed by atoms with E-state index in [1.807, 2.05) is 27.2 Å². The highest BCUT2D eigenvalue weighted by Crippen LogP contribution is 2.38. The van der Waals surface area contributed by atoms with Crippen molar-refractivity contribution >= 4 is 19.8 Å². The van der Waals surface area contributed by atoms with E-state index in [1.165, 1.54) is 83.5 Å². The summed E-state index contributed by atoms with van der Waals surface area (Å²) in [6, 6.07) is 0. The van der Waals surface area contributed by atoms with E-state index in [4.69, 9.17) is 23.6 Å². The number of ether oxygens (including phenoxy) is 2. The zero-order valence-corrected chi connectivity index (χ0v) is 39.0. The molecule has 0 amide bonds. The number of allylic oxidation sites excluding steroid dienone is 8. The Kier molecular flexibility index (Phi) is 39.8. The van der Waals surface area contributed by atoms with Gasteiger partial charge in [0.25, 0.3) is 7.82 Å². The summed E-state index contributed by atoms with van der Waals surface area (Å²) in [5.41, 5.74) is 0. The molecule has 0 rings (SSSR count). The summed E-state index contributed by atoms with van der Waals surface area (Å²) in [7, 11) is 1.12. The van der Waals surface area contributed by atoms with Crippen molar-refractivity contribution in [1.29, 1.82) is 0 Å². The van der Waals surface area contributed by atoms with E-state index >= 15 is 0 Å². The van der Waals surface area contributed by atoms with Crippen molar-refractivity contribution in [3.8, 4) is 0 Å². The van der Waals surface area contributed by atoms with Gasteiger partial charge in [0.05, 0.1) is 27.7 Å². The third-order valence-electron chi connectivity index (χ3n) is 9.91. The predicted molar refractivity (Wildman–Crippen MR) is 242 cm³/mol. The van der Waals surface area contributed by atoms with E-state index in [9.17, 15) is 19.0 Å². The molecule has 0 aromatic rings. The van der Waals surface area contributed by atoms with Crippen molar-refractivity contribution < 1.29 is 47.2 Å². The van der Waals surface area contributed by atoms with Gasteiger partial charge in [-0.3, -0.25) is 14.2 Å². The highest BCUT2D eigenvalue weighted by molar-refractivity contribution is 7.45. The Morgan fingerprint density at radius 3 is 1.51 bits per heavy atom. The van der Waals surface area contributed by atoms with Crippen LogP contribution in [-0.2, 0) is 32.7 Å². The summed E-state index contributed by atoms with van der Waals surface area (Å²) in [6.45, 7) is 2.18. The minimum Gasteiger partial charge on any atom is -0.756 e. The number of hydrogen-bond donors (Lipinski definition) is 1. The summed E-state index contributed by atoms with van der Waals surface area (Å²) in [5.74, 6) is -0.910. The van der Waals surface area contributed by atoms with Crippen LogP contribution in [0.2, 0.25) is 0 Å². The number of nitrogens with zero attached hydrogens (tertiary/aromatic N) is 1. The zero-order valence-electron chi connectivity index (χ0n) is 38.1. The molecule has 11 heteroatoms. The Hall–Kier alpha value is -2.07. The first-order valence-corrected chi connectivity index (χ1v) is 24.9. The van der Waals surface area contributed by atoms with Crippen LogP contribution < -0.4 is 4.89 Å². The summed E-state index contributed by atoms with van der Waals surface area (Å²) < 4.78 is 33.9. The molecule has 0 bridgehead atoms. The molecule has 0 spiro atoms. The van der Waals surface area contributed by atoms with Gasteiger partial charge in [0, 0.05) is 19.4 Å². The number of quaternary nitrogens is 1. The predicted octanol–water partition coefficient (Wildman–Crippen LogP) is 11.8. The number of likely N-dealkylation sites (N-methyl/N-ethyl adjacent to an activating group) is 1. The summed E-state index contributed by atoms with van der Waals surface area (Å²) in [4.78, 5) is 37.6. The zero-order chi connectivity index (χ0) is 43.6. The molecule has 2 atom stereocenters. The van der Waals surface area contributed by atoms with Gasteiger partial charge in [-0.15, -0.1) is 0 Å². The molecule has 0 aliphatic carbocycles. The third kappa shape index (κ3) is 45.3. The summed E-state index contributed by atoms with van der Waals surface area (Å²) >= 11 is 0. The maximum atomic E-state index is 12.7. The molecule has 59 heavy (non-hydrogen) atoms. The maximum Gasteiger partial charge on any atom is 0.306 e. The van der Waals surface area contributed by atoms with Gasteiger partial charge in [0.15, 0.2) is 6.10 Å². The number of esters is 2. The number of carbonyl (C=O) groups is 2. The maximum absolute atomic E-state index is 12.7. The Labute approximate surface area is 361 Å². The van der Waals surface area contributed by atoms with Crippen LogP contribution in [-0.4, -0.2) is 81.7 Å². The van der Waals surface area contributed by atoms with Crippen LogP contribution in [0, 0.1) is 0 Å².